The lowest BCUT2D eigenvalue weighted by molar-refractivity contribution is 0.0954. The normalized spacial score (nSPS) is 12.9. The van der Waals surface area contributed by atoms with Gasteiger partial charge in [0.25, 0.3) is 5.91 Å². The van der Waals surface area contributed by atoms with Gasteiger partial charge in [0.1, 0.15) is 5.75 Å². The summed E-state index contributed by atoms with van der Waals surface area (Å²) in [5, 5.41) is 4.77. The van der Waals surface area contributed by atoms with Crippen LogP contribution >= 0.6 is 39.9 Å². The molecule has 20 heavy (non-hydrogen) atoms. The number of thiophene rings is 1. The molecular weight excluding hydrogens is 358 g/mol. The fourth-order valence-corrected chi connectivity index (χ4v) is 3.80. The summed E-state index contributed by atoms with van der Waals surface area (Å²) < 4.78 is 6.66. The van der Waals surface area contributed by atoms with Crippen LogP contribution in [0, 0.1) is 0 Å². The van der Waals surface area contributed by atoms with Crippen molar-refractivity contribution in [1.82, 2.24) is 5.32 Å². The van der Waals surface area contributed by atoms with Crippen molar-refractivity contribution in [3.05, 3.63) is 44.1 Å². The van der Waals surface area contributed by atoms with Crippen molar-refractivity contribution >= 4 is 45.8 Å². The summed E-state index contributed by atoms with van der Waals surface area (Å²) in [6.07, 6.45) is 0.920. The molecule has 0 bridgehead atoms. The molecule has 0 radical (unpaired) electrons. The van der Waals surface area contributed by atoms with E-state index in [1.54, 1.807) is 6.07 Å². The molecule has 0 spiro atoms. The van der Waals surface area contributed by atoms with Gasteiger partial charge < -0.3 is 10.1 Å². The van der Waals surface area contributed by atoms with E-state index in [1.807, 2.05) is 11.4 Å². The van der Waals surface area contributed by atoms with Gasteiger partial charge in [-0.05, 0) is 23.8 Å². The highest BCUT2D eigenvalue weighted by molar-refractivity contribution is 9.10. The minimum atomic E-state index is -0.0815. The zero-order valence-electron chi connectivity index (χ0n) is 10.5. The van der Waals surface area contributed by atoms with Gasteiger partial charge in [0.15, 0.2) is 0 Å². The Morgan fingerprint density at radius 1 is 1.45 bits per heavy atom. The predicted molar refractivity (Wildman–Crippen MR) is 86.1 cm³/mol. The maximum Gasteiger partial charge on any atom is 0.261 e. The Balaban J connectivity index is 1.74. The Labute approximate surface area is 134 Å². The number of hydrogen-bond acceptors (Lipinski definition) is 4. The molecule has 1 aliphatic rings. The van der Waals surface area contributed by atoms with Crippen molar-refractivity contribution < 1.29 is 9.53 Å². The highest BCUT2D eigenvalue weighted by Gasteiger charge is 2.18. The monoisotopic (exact) mass is 369 g/mol. The van der Waals surface area contributed by atoms with Crippen LogP contribution in [0.5, 0.6) is 5.75 Å². The first-order valence-corrected chi connectivity index (χ1v) is 8.25. The van der Waals surface area contributed by atoms with Gasteiger partial charge in [-0.1, -0.05) is 15.9 Å². The standard InChI is InChI=1S/C14H12BrNO2S2/c15-10-3-8-1-2-18-13(8)9(4-10)6-16-14(17)12-5-11(19)7-20-12/h3-5,7,19H,1-2,6H2,(H,16,17). The quantitative estimate of drug-likeness (QED) is 0.810. The third-order valence-electron chi connectivity index (χ3n) is 3.07. The van der Waals surface area contributed by atoms with Crippen LogP contribution in [0.25, 0.3) is 0 Å². The van der Waals surface area contributed by atoms with Crippen LogP contribution in [-0.4, -0.2) is 12.5 Å². The first-order valence-electron chi connectivity index (χ1n) is 6.13. The summed E-state index contributed by atoms with van der Waals surface area (Å²) in [6.45, 7) is 1.17. The summed E-state index contributed by atoms with van der Waals surface area (Å²) in [5.41, 5.74) is 2.19. The zero-order chi connectivity index (χ0) is 14.1. The van der Waals surface area contributed by atoms with Crippen molar-refractivity contribution in [1.29, 1.82) is 0 Å². The van der Waals surface area contributed by atoms with Gasteiger partial charge in [0.05, 0.1) is 11.5 Å². The SMILES string of the molecule is O=C(NCc1cc(Br)cc2c1OCC2)c1cc(S)cs1. The van der Waals surface area contributed by atoms with Crippen LogP contribution in [0.15, 0.2) is 32.9 Å². The number of amides is 1. The molecular formula is C14H12BrNO2S2. The Hall–Kier alpha value is -0.980. The topological polar surface area (TPSA) is 38.3 Å². The number of ether oxygens (including phenoxy) is 1. The molecule has 1 amide bonds. The van der Waals surface area contributed by atoms with Crippen LogP contribution < -0.4 is 10.1 Å². The van der Waals surface area contributed by atoms with Crippen LogP contribution in [0.4, 0.5) is 0 Å². The van der Waals surface area contributed by atoms with Gasteiger partial charge in [0, 0.05) is 33.3 Å². The smallest absolute Gasteiger partial charge is 0.261 e. The number of halogens is 1. The molecule has 0 saturated heterocycles. The maximum atomic E-state index is 12.0. The first kappa shape index (κ1) is 14.0. The second-order valence-corrected chi connectivity index (χ2v) is 6.85. The number of fused-ring (bicyclic) bond motifs is 1. The summed E-state index contributed by atoms with van der Waals surface area (Å²) >= 11 is 9.10. The molecule has 0 unspecified atom stereocenters. The second-order valence-electron chi connectivity index (χ2n) is 4.50. The molecule has 3 rings (SSSR count). The summed E-state index contributed by atoms with van der Waals surface area (Å²) in [5.74, 6) is 0.830. The third kappa shape index (κ3) is 2.87. The van der Waals surface area contributed by atoms with Gasteiger partial charge in [0.2, 0.25) is 0 Å². The number of benzene rings is 1. The van der Waals surface area contributed by atoms with Gasteiger partial charge in [-0.25, -0.2) is 0 Å². The van der Waals surface area contributed by atoms with E-state index in [0.717, 1.165) is 27.1 Å². The predicted octanol–water partition coefficient (Wildman–Crippen LogP) is 3.66. The van der Waals surface area contributed by atoms with Gasteiger partial charge in [-0.15, -0.1) is 24.0 Å². The number of hydrogen-bond donors (Lipinski definition) is 2. The van der Waals surface area contributed by atoms with Gasteiger partial charge >= 0.3 is 0 Å². The van der Waals surface area contributed by atoms with Crippen molar-refractivity contribution in [3.63, 3.8) is 0 Å². The molecule has 1 aromatic heterocycles. The molecule has 1 aromatic carbocycles. The molecule has 0 fully saturated rings. The third-order valence-corrected chi connectivity index (χ3v) is 4.89. The van der Waals surface area contributed by atoms with Crippen molar-refractivity contribution in [2.75, 3.05) is 6.61 Å². The lowest BCUT2D eigenvalue weighted by atomic mass is 10.1. The molecule has 2 heterocycles. The van der Waals surface area contributed by atoms with E-state index in [9.17, 15) is 4.79 Å². The van der Waals surface area contributed by atoms with Crippen LogP contribution in [-0.2, 0) is 13.0 Å². The lowest BCUT2D eigenvalue weighted by Gasteiger charge is -2.10. The molecule has 3 nitrogen and oxygen atoms in total. The average molecular weight is 370 g/mol. The molecule has 0 atom stereocenters. The largest absolute Gasteiger partial charge is 0.493 e. The van der Waals surface area contributed by atoms with E-state index < -0.39 is 0 Å². The Kier molecular flexibility index (Phi) is 4.05. The minimum Gasteiger partial charge on any atom is -0.493 e. The fourth-order valence-electron chi connectivity index (χ4n) is 2.19. The Morgan fingerprint density at radius 3 is 3.05 bits per heavy atom. The molecule has 0 saturated carbocycles. The number of carbonyl (C=O) groups excluding carboxylic acids is 1. The van der Waals surface area contributed by atoms with E-state index in [2.05, 4.69) is 39.9 Å². The van der Waals surface area contributed by atoms with E-state index in [4.69, 9.17) is 4.74 Å². The van der Waals surface area contributed by atoms with Crippen LogP contribution in [0.2, 0.25) is 0 Å². The molecule has 0 aliphatic carbocycles. The minimum absolute atomic E-state index is 0.0815. The summed E-state index contributed by atoms with van der Waals surface area (Å²) in [4.78, 5) is 13.5. The average Bonchev–Trinajstić information content (AvgIpc) is 3.03. The second kappa shape index (κ2) is 5.79. The number of nitrogens with one attached hydrogen (secondary N) is 1. The number of carbonyl (C=O) groups is 1. The number of thiol groups is 1. The number of rotatable bonds is 3. The fraction of sp³-hybridized carbons (Fsp3) is 0.214. The highest BCUT2D eigenvalue weighted by Crippen LogP contribution is 2.33. The van der Waals surface area contributed by atoms with Crippen molar-refractivity contribution in [3.8, 4) is 5.75 Å². The van der Waals surface area contributed by atoms with Crippen molar-refractivity contribution in [2.45, 2.75) is 17.9 Å². The molecule has 104 valence electrons. The van der Waals surface area contributed by atoms with Gasteiger partial charge in [-0.3, -0.25) is 4.79 Å². The van der Waals surface area contributed by atoms with Crippen molar-refractivity contribution in [2.24, 2.45) is 0 Å². The van der Waals surface area contributed by atoms with E-state index in [0.29, 0.717) is 18.0 Å². The lowest BCUT2D eigenvalue weighted by Crippen LogP contribution is -2.22. The molecule has 2 aromatic rings. The highest BCUT2D eigenvalue weighted by atomic mass is 79.9. The van der Waals surface area contributed by atoms with Gasteiger partial charge in [-0.2, -0.15) is 0 Å². The van der Waals surface area contributed by atoms with E-state index in [-0.39, 0.29) is 5.91 Å². The summed E-state index contributed by atoms with van der Waals surface area (Å²) in [7, 11) is 0. The Bertz CT molecular complexity index is 669. The zero-order valence-corrected chi connectivity index (χ0v) is 13.8. The van der Waals surface area contributed by atoms with Crippen LogP contribution in [0.1, 0.15) is 20.8 Å². The van der Waals surface area contributed by atoms with Crippen LogP contribution in [0.3, 0.4) is 0 Å². The molecule has 1 N–H and O–H groups in total. The Morgan fingerprint density at radius 2 is 2.30 bits per heavy atom. The van der Waals surface area contributed by atoms with E-state index in [1.165, 1.54) is 16.9 Å². The molecule has 6 heteroatoms. The maximum absolute atomic E-state index is 12.0. The summed E-state index contributed by atoms with van der Waals surface area (Å²) in [6, 6.07) is 5.83. The first-order chi connectivity index (χ1) is 9.63. The molecule has 1 aliphatic heterocycles. The van der Waals surface area contributed by atoms with E-state index >= 15 is 0 Å².